The normalized spacial score (nSPS) is 21.3. The average molecular weight is 427 g/mol. The highest BCUT2D eigenvalue weighted by atomic mass is 16.5. The third-order valence-electron chi connectivity index (χ3n) is 6.38. The first-order valence-corrected chi connectivity index (χ1v) is 10.3. The van der Waals surface area contributed by atoms with E-state index in [-0.39, 0.29) is 24.9 Å². The summed E-state index contributed by atoms with van der Waals surface area (Å²) in [5.41, 5.74) is 2.26. The number of nitrogens with zero attached hydrogens (tertiary/aromatic N) is 4. The molecule has 2 atom stereocenters. The second kappa shape index (κ2) is 7.24. The van der Waals surface area contributed by atoms with Gasteiger partial charge in [0.25, 0.3) is 5.91 Å². The molecule has 1 N–H and O–H groups in total. The van der Waals surface area contributed by atoms with Gasteiger partial charge < -0.3 is 15.0 Å². The Morgan fingerprint density at radius 3 is 2.81 bits per heavy atom. The monoisotopic (exact) mass is 427 g/mol. The fourth-order valence-corrected chi connectivity index (χ4v) is 4.78. The molecule has 1 saturated heterocycles. The van der Waals surface area contributed by atoms with Crippen molar-refractivity contribution in [1.82, 2.24) is 14.7 Å². The highest BCUT2D eigenvalue weighted by molar-refractivity contribution is 6.08. The third kappa shape index (κ3) is 2.78. The van der Waals surface area contributed by atoms with E-state index in [9.17, 15) is 14.9 Å². The first kappa shape index (κ1) is 19.8. The number of ether oxygens (including phenoxy) is 1. The minimum atomic E-state index is -1.06. The van der Waals surface area contributed by atoms with E-state index >= 15 is 0 Å². The zero-order valence-corrected chi connectivity index (χ0v) is 17.7. The van der Waals surface area contributed by atoms with Gasteiger partial charge in [-0.25, -0.2) is 0 Å². The fraction of sp³-hybridized carbons (Fsp3) is 0.250. The maximum absolute atomic E-state index is 13.5. The molecule has 1 fully saturated rings. The van der Waals surface area contributed by atoms with Crippen LogP contribution in [-0.4, -0.2) is 46.7 Å². The molecular formula is C24H21N5O3. The minimum absolute atomic E-state index is 0.151. The van der Waals surface area contributed by atoms with Crippen molar-refractivity contribution in [2.24, 2.45) is 13.0 Å². The van der Waals surface area contributed by atoms with Crippen LogP contribution in [0.25, 0.3) is 11.3 Å². The molecule has 0 aliphatic carbocycles. The maximum atomic E-state index is 13.5. The maximum Gasteiger partial charge on any atom is 0.253 e. The number of anilines is 1. The van der Waals surface area contributed by atoms with Gasteiger partial charge in [0, 0.05) is 43.1 Å². The van der Waals surface area contributed by atoms with Crippen LogP contribution in [0.2, 0.25) is 0 Å². The quantitative estimate of drug-likeness (QED) is 0.693. The number of methoxy groups -OCH3 is 1. The Balaban J connectivity index is 1.51. The number of rotatable bonds is 3. The molecule has 3 heterocycles. The molecule has 2 aromatic carbocycles. The number of likely N-dealkylation sites (tertiary alicyclic amines) is 1. The molecule has 0 radical (unpaired) electrons. The molecule has 3 aromatic rings. The van der Waals surface area contributed by atoms with Crippen molar-refractivity contribution in [3.63, 3.8) is 0 Å². The Labute approximate surface area is 185 Å². The van der Waals surface area contributed by atoms with Crippen LogP contribution >= 0.6 is 0 Å². The second-order valence-electron chi connectivity index (χ2n) is 8.13. The SMILES string of the molecule is COc1ccc(C(=O)N2CC(C#N)C3(C2)C(=O)Nc2ccccc23)cc1-c1ccn(C)n1. The number of carbonyl (C=O) groups is 2. The van der Waals surface area contributed by atoms with E-state index in [4.69, 9.17) is 4.74 Å². The van der Waals surface area contributed by atoms with Crippen molar-refractivity contribution >= 4 is 17.5 Å². The Morgan fingerprint density at radius 1 is 1.28 bits per heavy atom. The van der Waals surface area contributed by atoms with E-state index in [0.717, 1.165) is 5.56 Å². The lowest BCUT2D eigenvalue weighted by molar-refractivity contribution is -0.121. The number of fused-ring (bicyclic) bond motifs is 2. The van der Waals surface area contributed by atoms with Crippen LogP contribution in [0.4, 0.5) is 5.69 Å². The lowest BCUT2D eigenvalue weighted by Gasteiger charge is -2.24. The zero-order valence-electron chi connectivity index (χ0n) is 17.7. The van der Waals surface area contributed by atoms with Crippen LogP contribution in [0, 0.1) is 17.2 Å². The molecular weight excluding hydrogens is 406 g/mol. The highest BCUT2D eigenvalue weighted by Crippen LogP contribution is 2.47. The summed E-state index contributed by atoms with van der Waals surface area (Å²) in [7, 11) is 3.39. The van der Waals surface area contributed by atoms with Gasteiger partial charge in [0.15, 0.2) is 0 Å². The summed E-state index contributed by atoms with van der Waals surface area (Å²) >= 11 is 0. The summed E-state index contributed by atoms with van der Waals surface area (Å²) in [5, 5.41) is 17.2. The van der Waals surface area contributed by atoms with E-state index in [0.29, 0.717) is 28.3 Å². The summed E-state index contributed by atoms with van der Waals surface area (Å²) in [6, 6.07) is 16.7. The molecule has 2 unspecified atom stereocenters. The van der Waals surface area contributed by atoms with Gasteiger partial charge in [0.2, 0.25) is 5.91 Å². The fourth-order valence-electron chi connectivity index (χ4n) is 4.78. The number of para-hydroxylation sites is 1. The standard InChI is InChI=1S/C24H21N5O3/c1-28-10-9-19(27-28)17-11-15(7-8-21(17)32-2)22(30)29-13-16(12-25)24(14-29)18-5-3-4-6-20(18)26-23(24)31/h3-11,16H,13-14H2,1-2H3,(H,26,31). The predicted molar refractivity (Wildman–Crippen MR) is 117 cm³/mol. The van der Waals surface area contributed by atoms with Crippen molar-refractivity contribution < 1.29 is 14.3 Å². The summed E-state index contributed by atoms with van der Waals surface area (Å²) in [6.45, 7) is 0.333. The smallest absolute Gasteiger partial charge is 0.253 e. The second-order valence-corrected chi connectivity index (χ2v) is 8.13. The molecule has 8 nitrogen and oxygen atoms in total. The molecule has 2 aliphatic heterocycles. The van der Waals surface area contributed by atoms with Gasteiger partial charge >= 0.3 is 0 Å². The average Bonchev–Trinajstić information content (AvgIpc) is 3.50. The van der Waals surface area contributed by atoms with Gasteiger partial charge in [0.1, 0.15) is 11.2 Å². The Morgan fingerprint density at radius 2 is 2.09 bits per heavy atom. The van der Waals surface area contributed by atoms with Crippen molar-refractivity contribution in [3.05, 3.63) is 65.9 Å². The van der Waals surface area contributed by atoms with Gasteiger partial charge in [0.05, 0.1) is 24.8 Å². The number of aryl methyl sites for hydroxylation is 1. The van der Waals surface area contributed by atoms with Crippen molar-refractivity contribution in [1.29, 1.82) is 5.26 Å². The number of hydrogen-bond acceptors (Lipinski definition) is 5. The molecule has 1 aromatic heterocycles. The van der Waals surface area contributed by atoms with Gasteiger partial charge in [-0.2, -0.15) is 10.4 Å². The predicted octanol–water partition coefficient (Wildman–Crippen LogP) is 2.58. The molecule has 5 rings (SSSR count). The molecule has 2 amide bonds. The van der Waals surface area contributed by atoms with Crippen LogP contribution in [0.1, 0.15) is 15.9 Å². The van der Waals surface area contributed by atoms with Crippen LogP contribution in [-0.2, 0) is 17.3 Å². The van der Waals surface area contributed by atoms with Gasteiger partial charge in [-0.3, -0.25) is 14.3 Å². The van der Waals surface area contributed by atoms with E-state index in [2.05, 4.69) is 16.5 Å². The lowest BCUT2D eigenvalue weighted by Crippen LogP contribution is -2.42. The number of nitrogens with one attached hydrogen (secondary N) is 1. The molecule has 1 spiro atoms. The van der Waals surface area contributed by atoms with E-state index in [1.165, 1.54) is 0 Å². The number of benzene rings is 2. The molecule has 32 heavy (non-hydrogen) atoms. The molecule has 0 bridgehead atoms. The number of aromatic nitrogens is 2. The van der Waals surface area contributed by atoms with E-state index in [1.54, 1.807) is 34.9 Å². The zero-order chi connectivity index (χ0) is 22.5. The van der Waals surface area contributed by atoms with Gasteiger partial charge in [-0.05, 0) is 35.9 Å². The molecule has 0 saturated carbocycles. The minimum Gasteiger partial charge on any atom is -0.496 e. The number of carbonyl (C=O) groups excluding carboxylic acids is 2. The first-order chi connectivity index (χ1) is 15.5. The van der Waals surface area contributed by atoms with Crippen molar-refractivity contribution in [2.75, 3.05) is 25.5 Å². The first-order valence-electron chi connectivity index (χ1n) is 10.3. The Bertz CT molecular complexity index is 1290. The highest BCUT2D eigenvalue weighted by Gasteiger charge is 2.58. The van der Waals surface area contributed by atoms with Crippen LogP contribution in [0.15, 0.2) is 54.7 Å². The third-order valence-corrected chi connectivity index (χ3v) is 6.38. The lowest BCUT2D eigenvalue weighted by atomic mass is 9.74. The van der Waals surface area contributed by atoms with Crippen molar-refractivity contribution in [2.45, 2.75) is 5.41 Å². The number of nitriles is 1. The molecule has 160 valence electrons. The van der Waals surface area contributed by atoms with Crippen LogP contribution in [0.3, 0.4) is 0 Å². The Kier molecular flexibility index (Phi) is 4.48. The topological polar surface area (TPSA) is 100 Å². The summed E-state index contributed by atoms with van der Waals surface area (Å²) in [6.07, 6.45) is 1.82. The number of hydrogen-bond donors (Lipinski definition) is 1. The summed E-state index contributed by atoms with van der Waals surface area (Å²) in [5.74, 6) is -0.496. The van der Waals surface area contributed by atoms with Crippen LogP contribution in [0.5, 0.6) is 5.75 Å². The largest absolute Gasteiger partial charge is 0.496 e. The Hall–Kier alpha value is -4.12. The van der Waals surface area contributed by atoms with E-state index < -0.39 is 11.3 Å². The summed E-state index contributed by atoms with van der Waals surface area (Å²) < 4.78 is 7.14. The van der Waals surface area contributed by atoms with Crippen LogP contribution < -0.4 is 10.1 Å². The van der Waals surface area contributed by atoms with E-state index in [1.807, 2.05) is 43.6 Å². The number of amides is 2. The van der Waals surface area contributed by atoms with Gasteiger partial charge in [-0.1, -0.05) is 18.2 Å². The van der Waals surface area contributed by atoms with Gasteiger partial charge in [-0.15, -0.1) is 0 Å². The molecule has 8 heteroatoms. The molecule has 2 aliphatic rings. The summed E-state index contributed by atoms with van der Waals surface area (Å²) in [4.78, 5) is 28.1. The van der Waals surface area contributed by atoms with Crippen molar-refractivity contribution in [3.8, 4) is 23.1 Å².